The number of fused-ring (bicyclic) bond motifs is 10. The number of nitrogens with zero attached hydrogens (tertiary/aromatic N) is 5. The van der Waals surface area contributed by atoms with Crippen LogP contribution in [0.1, 0.15) is 0 Å². The first-order valence-corrected chi connectivity index (χ1v) is 18.7. The van der Waals surface area contributed by atoms with Gasteiger partial charge in [0.15, 0.2) is 17.5 Å². The zero-order valence-corrected chi connectivity index (χ0v) is 29.9. The van der Waals surface area contributed by atoms with E-state index in [9.17, 15) is 0 Å². The van der Waals surface area contributed by atoms with Crippen molar-refractivity contribution in [3.8, 4) is 39.9 Å². The molecule has 0 aliphatic carbocycles. The second-order valence-corrected chi connectivity index (χ2v) is 14.3. The third kappa shape index (κ3) is 4.63. The lowest BCUT2D eigenvalue weighted by atomic mass is 10.0. The van der Waals surface area contributed by atoms with E-state index in [0.717, 1.165) is 60.3 Å². The van der Waals surface area contributed by atoms with Crippen molar-refractivity contribution >= 4 is 76.2 Å². The van der Waals surface area contributed by atoms with Crippen LogP contribution in [0.5, 0.6) is 0 Å². The van der Waals surface area contributed by atoms with Gasteiger partial charge in [0, 0.05) is 49.8 Å². The highest BCUT2D eigenvalue weighted by Gasteiger charge is 2.20. The van der Waals surface area contributed by atoms with Crippen LogP contribution in [0.3, 0.4) is 0 Å². The molecule has 0 radical (unpaired) electrons. The molecule has 0 fully saturated rings. The Morgan fingerprint density at radius 2 is 1.09 bits per heavy atom. The average Bonchev–Trinajstić information content (AvgIpc) is 3.82. The Bertz CT molecular complexity index is 3560. The fourth-order valence-electron chi connectivity index (χ4n) is 8.53. The Labute approximate surface area is 320 Å². The fraction of sp³-hybridized carbons (Fsp3) is 0. The largest absolute Gasteiger partial charge is 0.438 e. The van der Waals surface area contributed by atoms with Crippen molar-refractivity contribution in [2.45, 2.75) is 0 Å². The third-order valence-electron chi connectivity index (χ3n) is 11.1. The minimum Gasteiger partial charge on any atom is -0.438 e. The van der Waals surface area contributed by atoms with Crippen LogP contribution in [0.4, 0.5) is 0 Å². The van der Waals surface area contributed by atoms with Crippen LogP contribution in [-0.4, -0.2) is 24.5 Å². The SMILES string of the molecule is c1ccc2cc(-c3nc(-c4ccc5c(-n6c7ccccc7c7c8ccccc8ccc76)cccc5c4)nc(-c4cccc5oc6ncccc6c45)n3)ccc2c1. The standard InChI is InChI=1S/C50H29N5O/c1-2-12-32-28-34(22-21-30(32)10-1)47-52-48(54-49(53-47)39-16-8-20-44-46(39)40-17-9-27-51-50(40)56-44)35-23-25-36-33(29-35)13-7-19-41(36)55-42-18-6-5-15-38(42)45-37-14-4-3-11-31(37)24-26-43(45)55/h1-29H. The molecule has 0 aliphatic heterocycles. The Balaban J connectivity index is 1.07. The van der Waals surface area contributed by atoms with Crippen LogP contribution in [0.15, 0.2) is 180 Å². The van der Waals surface area contributed by atoms with Gasteiger partial charge in [0.25, 0.3) is 0 Å². The van der Waals surface area contributed by atoms with E-state index < -0.39 is 0 Å². The summed E-state index contributed by atoms with van der Waals surface area (Å²) in [7, 11) is 0. The Morgan fingerprint density at radius 1 is 0.411 bits per heavy atom. The summed E-state index contributed by atoms with van der Waals surface area (Å²) in [5.41, 5.74) is 7.48. The molecule has 0 saturated heterocycles. The second kappa shape index (κ2) is 11.9. The van der Waals surface area contributed by atoms with Crippen molar-refractivity contribution in [3.63, 3.8) is 0 Å². The predicted molar refractivity (Wildman–Crippen MR) is 228 cm³/mol. The highest BCUT2D eigenvalue weighted by molar-refractivity contribution is 6.22. The normalized spacial score (nSPS) is 11.9. The zero-order valence-electron chi connectivity index (χ0n) is 29.9. The summed E-state index contributed by atoms with van der Waals surface area (Å²) in [6.07, 6.45) is 1.75. The van der Waals surface area contributed by atoms with Gasteiger partial charge in [0.05, 0.1) is 16.7 Å². The van der Waals surface area contributed by atoms with Crippen molar-refractivity contribution in [3.05, 3.63) is 176 Å². The molecule has 0 saturated carbocycles. The molecular weight excluding hydrogens is 687 g/mol. The van der Waals surface area contributed by atoms with Crippen molar-refractivity contribution < 1.29 is 4.42 Å². The summed E-state index contributed by atoms with van der Waals surface area (Å²) in [4.78, 5) is 20.0. The minimum absolute atomic E-state index is 0.571. The maximum atomic E-state index is 6.17. The van der Waals surface area contributed by atoms with Gasteiger partial charge in [0.1, 0.15) is 5.58 Å². The van der Waals surface area contributed by atoms with E-state index in [2.05, 4.69) is 155 Å². The maximum absolute atomic E-state index is 6.17. The van der Waals surface area contributed by atoms with E-state index in [1.807, 2.05) is 24.3 Å². The summed E-state index contributed by atoms with van der Waals surface area (Å²) >= 11 is 0. The van der Waals surface area contributed by atoms with Crippen LogP contribution >= 0.6 is 0 Å². The molecule has 6 heteroatoms. The monoisotopic (exact) mass is 715 g/mol. The summed E-state index contributed by atoms with van der Waals surface area (Å²) in [5.74, 6) is 1.77. The third-order valence-corrected chi connectivity index (χ3v) is 11.1. The molecule has 0 amide bonds. The van der Waals surface area contributed by atoms with Crippen LogP contribution in [0.25, 0.3) is 116 Å². The number of pyridine rings is 1. The van der Waals surface area contributed by atoms with Gasteiger partial charge >= 0.3 is 0 Å². The lowest BCUT2D eigenvalue weighted by Gasteiger charge is -2.13. The Morgan fingerprint density at radius 3 is 1.98 bits per heavy atom. The van der Waals surface area contributed by atoms with Gasteiger partial charge in [-0.2, -0.15) is 0 Å². The van der Waals surface area contributed by atoms with Gasteiger partial charge in [-0.15, -0.1) is 0 Å². The topological polar surface area (TPSA) is 69.6 Å². The lowest BCUT2D eigenvalue weighted by Crippen LogP contribution is -2.01. The van der Waals surface area contributed by atoms with Gasteiger partial charge in [0.2, 0.25) is 5.71 Å². The molecule has 56 heavy (non-hydrogen) atoms. The van der Waals surface area contributed by atoms with Crippen molar-refractivity contribution in [2.24, 2.45) is 0 Å². The highest BCUT2D eigenvalue weighted by Crippen LogP contribution is 2.40. The van der Waals surface area contributed by atoms with E-state index in [1.165, 1.54) is 32.6 Å². The molecule has 0 unspecified atom stereocenters. The van der Waals surface area contributed by atoms with Gasteiger partial charge in [-0.05, 0) is 75.5 Å². The molecule has 0 bridgehead atoms. The predicted octanol–water partition coefficient (Wildman–Crippen LogP) is 12.7. The number of hydrogen-bond acceptors (Lipinski definition) is 5. The first kappa shape index (κ1) is 30.7. The number of hydrogen-bond donors (Lipinski definition) is 0. The molecule has 12 rings (SSSR count). The van der Waals surface area contributed by atoms with E-state index >= 15 is 0 Å². The zero-order chi connectivity index (χ0) is 36.7. The van der Waals surface area contributed by atoms with Crippen LogP contribution in [-0.2, 0) is 0 Å². The van der Waals surface area contributed by atoms with Crippen molar-refractivity contribution in [1.82, 2.24) is 24.5 Å². The number of para-hydroxylation sites is 1. The maximum Gasteiger partial charge on any atom is 0.227 e. The van der Waals surface area contributed by atoms with E-state index in [0.29, 0.717) is 23.2 Å². The number of aromatic nitrogens is 5. The number of furan rings is 1. The Hall–Kier alpha value is -7.70. The van der Waals surface area contributed by atoms with E-state index in [1.54, 1.807) is 6.20 Å². The van der Waals surface area contributed by atoms with Crippen LogP contribution in [0, 0.1) is 0 Å². The van der Waals surface area contributed by atoms with E-state index in [-0.39, 0.29) is 0 Å². The average molecular weight is 716 g/mol. The first-order valence-electron chi connectivity index (χ1n) is 18.7. The first-order chi connectivity index (χ1) is 27.7. The van der Waals surface area contributed by atoms with Gasteiger partial charge in [-0.25, -0.2) is 19.9 Å². The molecule has 0 N–H and O–H groups in total. The quantitative estimate of drug-likeness (QED) is 0.181. The Kier molecular flexibility index (Phi) is 6.53. The summed E-state index contributed by atoms with van der Waals surface area (Å²) in [6, 6.07) is 59.6. The van der Waals surface area contributed by atoms with Crippen molar-refractivity contribution in [2.75, 3.05) is 0 Å². The van der Waals surface area contributed by atoms with Gasteiger partial charge in [-0.1, -0.05) is 121 Å². The molecule has 12 aromatic rings. The smallest absolute Gasteiger partial charge is 0.227 e. The van der Waals surface area contributed by atoms with Crippen LogP contribution < -0.4 is 0 Å². The second-order valence-electron chi connectivity index (χ2n) is 14.3. The molecule has 4 aromatic heterocycles. The molecule has 8 aromatic carbocycles. The lowest BCUT2D eigenvalue weighted by molar-refractivity contribution is 0.654. The number of benzene rings is 8. The van der Waals surface area contributed by atoms with Crippen LogP contribution in [0.2, 0.25) is 0 Å². The summed E-state index contributed by atoms with van der Waals surface area (Å²) < 4.78 is 8.58. The molecule has 260 valence electrons. The molecule has 0 atom stereocenters. The molecule has 6 nitrogen and oxygen atoms in total. The van der Waals surface area contributed by atoms with Crippen molar-refractivity contribution in [1.29, 1.82) is 0 Å². The minimum atomic E-state index is 0.571. The van der Waals surface area contributed by atoms with Gasteiger partial charge in [-0.3, -0.25) is 0 Å². The highest BCUT2D eigenvalue weighted by atomic mass is 16.3. The summed E-state index contributed by atoms with van der Waals surface area (Å²) in [6.45, 7) is 0. The molecular formula is C50H29N5O. The molecule has 0 spiro atoms. The number of rotatable bonds is 4. The van der Waals surface area contributed by atoms with Gasteiger partial charge < -0.3 is 8.98 Å². The molecule has 0 aliphatic rings. The fourth-order valence-corrected chi connectivity index (χ4v) is 8.53. The molecule has 4 heterocycles. The summed E-state index contributed by atoms with van der Waals surface area (Å²) in [5, 5.41) is 11.4. The van der Waals surface area contributed by atoms with E-state index in [4.69, 9.17) is 19.4 Å².